The van der Waals surface area contributed by atoms with Gasteiger partial charge in [0.05, 0.1) is 6.54 Å². The molecule has 31 heavy (non-hydrogen) atoms. The lowest BCUT2D eigenvalue weighted by Crippen LogP contribution is -2.50. The SMILES string of the molecule is CCNC(=NCCOc1ccc(F)c(F)c1)NC1CCN(C(=O)C(CC)CC)CC1.I. The molecular weight excluding hydrogens is 517 g/mol. The molecule has 1 fully saturated rings. The average molecular weight is 552 g/mol. The molecule has 1 heterocycles. The van der Waals surface area contributed by atoms with Crippen molar-refractivity contribution in [3.63, 3.8) is 0 Å². The minimum atomic E-state index is -0.931. The van der Waals surface area contributed by atoms with E-state index in [0.717, 1.165) is 57.5 Å². The van der Waals surface area contributed by atoms with Gasteiger partial charge in [0.2, 0.25) is 5.91 Å². The van der Waals surface area contributed by atoms with E-state index in [-0.39, 0.29) is 54.2 Å². The van der Waals surface area contributed by atoms with Crippen LogP contribution in [0.25, 0.3) is 0 Å². The number of guanidine groups is 1. The summed E-state index contributed by atoms with van der Waals surface area (Å²) in [6.45, 7) is 8.99. The summed E-state index contributed by atoms with van der Waals surface area (Å²) < 4.78 is 31.6. The molecule has 0 aromatic heterocycles. The highest BCUT2D eigenvalue weighted by Crippen LogP contribution is 2.17. The topological polar surface area (TPSA) is 66.0 Å². The third-order valence-electron chi connectivity index (χ3n) is 5.35. The van der Waals surface area contributed by atoms with Crippen LogP contribution in [-0.2, 0) is 4.79 Å². The molecule has 1 aromatic rings. The van der Waals surface area contributed by atoms with Crippen molar-refractivity contribution in [3.05, 3.63) is 29.8 Å². The number of likely N-dealkylation sites (tertiary alicyclic amines) is 1. The van der Waals surface area contributed by atoms with Crippen molar-refractivity contribution in [1.82, 2.24) is 15.5 Å². The molecule has 0 bridgehead atoms. The Hall–Kier alpha value is -1.65. The summed E-state index contributed by atoms with van der Waals surface area (Å²) in [7, 11) is 0. The van der Waals surface area contributed by atoms with Crippen LogP contribution < -0.4 is 15.4 Å². The number of aliphatic imine (C=N–C) groups is 1. The summed E-state index contributed by atoms with van der Waals surface area (Å²) in [5.41, 5.74) is 0. The van der Waals surface area contributed by atoms with Crippen LogP contribution in [0.5, 0.6) is 5.75 Å². The number of piperidine rings is 1. The second-order valence-corrected chi connectivity index (χ2v) is 7.44. The number of nitrogens with zero attached hydrogens (tertiary/aromatic N) is 2. The predicted molar refractivity (Wildman–Crippen MR) is 130 cm³/mol. The van der Waals surface area contributed by atoms with Crippen molar-refractivity contribution in [1.29, 1.82) is 0 Å². The highest BCUT2D eigenvalue weighted by Gasteiger charge is 2.26. The number of amides is 1. The van der Waals surface area contributed by atoms with Crippen LogP contribution in [0.4, 0.5) is 8.78 Å². The van der Waals surface area contributed by atoms with Crippen molar-refractivity contribution in [2.24, 2.45) is 10.9 Å². The molecule has 1 amide bonds. The van der Waals surface area contributed by atoms with Gasteiger partial charge >= 0.3 is 0 Å². The van der Waals surface area contributed by atoms with Gasteiger partial charge in [-0.15, -0.1) is 24.0 Å². The summed E-state index contributed by atoms with van der Waals surface area (Å²) in [5, 5.41) is 6.63. The van der Waals surface area contributed by atoms with Gasteiger partial charge in [0, 0.05) is 37.7 Å². The minimum Gasteiger partial charge on any atom is -0.492 e. The highest BCUT2D eigenvalue weighted by molar-refractivity contribution is 14.0. The Balaban J connectivity index is 0.00000480. The van der Waals surface area contributed by atoms with Crippen LogP contribution in [0.1, 0.15) is 46.5 Å². The molecule has 1 aliphatic rings. The van der Waals surface area contributed by atoms with Gasteiger partial charge in [-0.1, -0.05) is 13.8 Å². The quantitative estimate of drug-likeness (QED) is 0.211. The van der Waals surface area contributed by atoms with E-state index in [1.807, 2.05) is 11.8 Å². The molecule has 0 spiro atoms. The number of hydrogen-bond donors (Lipinski definition) is 2. The number of benzene rings is 1. The molecule has 2 rings (SSSR count). The lowest BCUT2D eigenvalue weighted by atomic mass is 9.98. The normalized spacial score (nSPS) is 14.9. The van der Waals surface area contributed by atoms with Gasteiger partial charge in [-0.25, -0.2) is 13.8 Å². The van der Waals surface area contributed by atoms with Gasteiger partial charge in [-0.3, -0.25) is 4.79 Å². The molecule has 0 radical (unpaired) electrons. The van der Waals surface area contributed by atoms with E-state index in [0.29, 0.717) is 12.5 Å². The molecule has 2 N–H and O–H groups in total. The van der Waals surface area contributed by atoms with Crippen LogP contribution in [-0.4, -0.2) is 55.6 Å². The summed E-state index contributed by atoms with van der Waals surface area (Å²) >= 11 is 0. The first-order chi connectivity index (χ1) is 14.5. The predicted octanol–water partition coefficient (Wildman–Crippen LogP) is 3.94. The van der Waals surface area contributed by atoms with E-state index in [2.05, 4.69) is 29.5 Å². The summed E-state index contributed by atoms with van der Waals surface area (Å²) in [6.07, 6.45) is 3.53. The monoisotopic (exact) mass is 552 g/mol. The molecule has 1 aliphatic heterocycles. The van der Waals surface area contributed by atoms with Gasteiger partial charge in [0.1, 0.15) is 12.4 Å². The fourth-order valence-corrected chi connectivity index (χ4v) is 3.54. The Morgan fingerprint density at radius 3 is 2.45 bits per heavy atom. The van der Waals surface area contributed by atoms with Gasteiger partial charge in [-0.2, -0.15) is 0 Å². The number of nitrogens with one attached hydrogen (secondary N) is 2. The maximum absolute atomic E-state index is 13.2. The van der Waals surface area contributed by atoms with E-state index < -0.39 is 11.6 Å². The first-order valence-electron chi connectivity index (χ1n) is 10.9. The molecular formula is C22H35F2IN4O2. The van der Waals surface area contributed by atoms with Crippen LogP contribution in [0.15, 0.2) is 23.2 Å². The maximum Gasteiger partial charge on any atom is 0.225 e. The van der Waals surface area contributed by atoms with E-state index in [4.69, 9.17) is 4.74 Å². The number of carbonyl (C=O) groups excluding carboxylic acids is 1. The Morgan fingerprint density at radius 2 is 1.87 bits per heavy atom. The Kier molecular flexibility index (Phi) is 12.7. The number of rotatable bonds is 9. The Bertz CT molecular complexity index is 709. The maximum atomic E-state index is 13.2. The van der Waals surface area contributed by atoms with Crippen molar-refractivity contribution in [2.45, 2.75) is 52.5 Å². The van der Waals surface area contributed by atoms with E-state index >= 15 is 0 Å². The third kappa shape index (κ3) is 8.78. The number of halogens is 3. The van der Waals surface area contributed by atoms with Crippen molar-refractivity contribution in [2.75, 3.05) is 32.8 Å². The zero-order chi connectivity index (χ0) is 21.9. The number of hydrogen-bond acceptors (Lipinski definition) is 3. The van der Waals surface area contributed by atoms with E-state index in [1.54, 1.807) is 0 Å². The summed E-state index contributed by atoms with van der Waals surface area (Å²) in [5.74, 6) is -0.462. The van der Waals surface area contributed by atoms with Crippen LogP contribution in [0.2, 0.25) is 0 Å². The van der Waals surface area contributed by atoms with Gasteiger partial charge in [-0.05, 0) is 44.7 Å². The van der Waals surface area contributed by atoms with Gasteiger partial charge < -0.3 is 20.3 Å². The van der Waals surface area contributed by atoms with Crippen LogP contribution in [0, 0.1) is 17.6 Å². The van der Waals surface area contributed by atoms with Crippen LogP contribution >= 0.6 is 24.0 Å². The summed E-state index contributed by atoms with van der Waals surface area (Å²) in [4.78, 5) is 19.0. The Morgan fingerprint density at radius 1 is 1.19 bits per heavy atom. The van der Waals surface area contributed by atoms with Gasteiger partial charge in [0.15, 0.2) is 17.6 Å². The van der Waals surface area contributed by atoms with E-state index in [9.17, 15) is 13.6 Å². The van der Waals surface area contributed by atoms with Crippen LogP contribution in [0.3, 0.4) is 0 Å². The second-order valence-electron chi connectivity index (χ2n) is 7.44. The molecule has 1 aromatic carbocycles. The second kappa shape index (κ2) is 14.4. The summed E-state index contributed by atoms with van der Waals surface area (Å²) in [6, 6.07) is 3.71. The minimum absolute atomic E-state index is 0. The van der Waals surface area contributed by atoms with Gasteiger partial charge in [0.25, 0.3) is 0 Å². The standard InChI is InChI=1S/C22H34F2N4O2.HI/c1-4-16(5-2)21(29)28-12-9-17(10-13-28)27-22(25-6-3)26-11-14-30-18-7-8-19(23)20(24)15-18;/h7-8,15-17H,4-6,9-14H2,1-3H3,(H2,25,26,27);1H. The number of carbonyl (C=O) groups is 1. The Labute approximate surface area is 201 Å². The fraction of sp³-hybridized carbons (Fsp3) is 0.636. The first kappa shape index (κ1) is 27.4. The lowest BCUT2D eigenvalue weighted by Gasteiger charge is -2.34. The lowest BCUT2D eigenvalue weighted by molar-refractivity contribution is -0.136. The smallest absolute Gasteiger partial charge is 0.225 e. The largest absolute Gasteiger partial charge is 0.492 e. The molecule has 1 saturated heterocycles. The van der Waals surface area contributed by atoms with Crippen molar-refractivity contribution < 1.29 is 18.3 Å². The third-order valence-corrected chi connectivity index (χ3v) is 5.35. The molecule has 0 unspecified atom stereocenters. The van der Waals surface area contributed by atoms with E-state index in [1.165, 1.54) is 6.07 Å². The zero-order valence-corrected chi connectivity index (χ0v) is 21.0. The first-order valence-corrected chi connectivity index (χ1v) is 10.9. The van der Waals surface area contributed by atoms with Crippen molar-refractivity contribution >= 4 is 35.8 Å². The highest BCUT2D eigenvalue weighted by atomic mass is 127. The van der Waals surface area contributed by atoms with Crippen molar-refractivity contribution in [3.8, 4) is 5.75 Å². The molecule has 0 saturated carbocycles. The molecule has 0 aliphatic carbocycles. The zero-order valence-electron chi connectivity index (χ0n) is 18.6. The fourth-order valence-electron chi connectivity index (χ4n) is 3.54. The molecule has 9 heteroatoms. The molecule has 176 valence electrons. The number of ether oxygens (including phenoxy) is 1. The average Bonchev–Trinajstić information content (AvgIpc) is 2.75. The molecule has 0 atom stereocenters. The molecule has 6 nitrogen and oxygen atoms in total.